The second kappa shape index (κ2) is 8.32. The second-order valence-corrected chi connectivity index (χ2v) is 4.94. The van der Waals surface area contributed by atoms with Crippen LogP contribution in [0.15, 0.2) is 30.3 Å². The number of amides is 2. The Hall–Kier alpha value is -1.88. The summed E-state index contributed by atoms with van der Waals surface area (Å²) in [6.45, 7) is 6.84. The van der Waals surface area contributed by atoms with Gasteiger partial charge in [0, 0.05) is 11.7 Å². The smallest absolute Gasteiger partial charge is 0.238 e. The molecule has 20 heavy (non-hydrogen) atoms. The van der Waals surface area contributed by atoms with Crippen molar-refractivity contribution in [3.63, 3.8) is 0 Å². The van der Waals surface area contributed by atoms with Gasteiger partial charge < -0.3 is 10.6 Å². The predicted molar refractivity (Wildman–Crippen MR) is 80.5 cm³/mol. The topological polar surface area (TPSA) is 61.4 Å². The third-order valence-corrected chi connectivity index (χ3v) is 2.69. The number of benzene rings is 1. The fourth-order valence-corrected chi connectivity index (χ4v) is 1.78. The van der Waals surface area contributed by atoms with Crippen LogP contribution in [0, 0.1) is 0 Å². The summed E-state index contributed by atoms with van der Waals surface area (Å²) in [6.07, 6.45) is 0. The first-order valence-electron chi connectivity index (χ1n) is 6.88. The van der Waals surface area contributed by atoms with Crippen molar-refractivity contribution < 1.29 is 9.59 Å². The van der Waals surface area contributed by atoms with Crippen LogP contribution in [0.3, 0.4) is 0 Å². The van der Waals surface area contributed by atoms with Gasteiger partial charge >= 0.3 is 0 Å². The van der Waals surface area contributed by atoms with Gasteiger partial charge in [-0.3, -0.25) is 14.5 Å². The molecule has 0 bridgehead atoms. The van der Waals surface area contributed by atoms with E-state index in [4.69, 9.17) is 0 Å². The van der Waals surface area contributed by atoms with Crippen LogP contribution in [-0.2, 0) is 9.59 Å². The minimum Gasteiger partial charge on any atom is -0.353 e. The SMILES string of the molecule is CCN(CC(=O)Nc1ccccc1)CC(=O)NC(C)C. The Bertz CT molecular complexity index is 432. The average Bonchev–Trinajstić information content (AvgIpc) is 2.38. The van der Waals surface area contributed by atoms with E-state index >= 15 is 0 Å². The Morgan fingerprint density at radius 1 is 1.10 bits per heavy atom. The number of para-hydroxylation sites is 1. The average molecular weight is 277 g/mol. The summed E-state index contributed by atoms with van der Waals surface area (Å²) in [5, 5.41) is 5.63. The monoisotopic (exact) mass is 277 g/mol. The molecule has 1 aromatic rings. The first-order valence-corrected chi connectivity index (χ1v) is 6.88. The van der Waals surface area contributed by atoms with Crippen LogP contribution in [0.5, 0.6) is 0 Å². The van der Waals surface area contributed by atoms with Crippen LogP contribution in [0.2, 0.25) is 0 Å². The first-order chi connectivity index (χ1) is 9.51. The summed E-state index contributed by atoms with van der Waals surface area (Å²) >= 11 is 0. The molecule has 0 aliphatic heterocycles. The van der Waals surface area contributed by atoms with E-state index in [1.165, 1.54) is 0 Å². The summed E-state index contributed by atoms with van der Waals surface area (Å²) in [6, 6.07) is 9.40. The number of likely N-dealkylation sites (N-methyl/N-ethyl adjacent to an activating group) is 1. The summed E-state index contributed by atoms with van der Waals surface area (Å²) in [5.41, 5.74) is 0.764. The molecule has 0 spiro atoms. The maximum absolute atomic E-state index is 11.9. The molecule has 1 aromatic carbocycles. The Balaban J connectivity index is 2.43. The lowest BCUT2D eigenvalue weighted by Crippen LogP contribution is -2.42. The van der Waals surface area contributed by atoms with Crippen molar-refractivity contribution in [2.45, 2.75) is 26.8 Å². The van der Waals surface area contributed by atoms with Crippen LogP contribution < -0.4 is 10.6 Å². The van der Waals surface area contributed by atoms with Gasteiger partial charge in [0.25, 0.3) is 0 Å². The summed E-state index contributed by atoms with van der Waals surface area (Å²) in [7, 11) is 0. The normalized spacial score (nSPS) is 10.7. The maximum atomic E-state index is 11.9. The molecule has 0 heterocycles. The van der Waals surface area contributed by atoms with Crippen molar-refractivity contribution in [1.82, 2.24) is 10.2 Å². The molecule has 2 N–H and O–H groups in total. The standard InChI is InChI=1S/C15H23N3O2/c1-4-18(10-14(19)16-12(2)3)11-15(20)17-13-8-6-5-7-9-13/h5-9,12H,4,10-11H2,1-3H3,(H,16,19)(H,17,20). The maximum Gasteiger partial charge on any atom is 0.238 e. The van der Waals surface area contributed by atoms with E-state index in [-0.39, 0.29) is 30.9 Å². The fourth-order valence-electron chi connectivity index (χ4n) is 1.78. The zero-order valence-electron chi connectivity index (χ0n) is 12.3. The number of carbonyl (C=O) groups is 2. The molecule has 0 saturated heterocycles. The molecule has 0 atom stereocenters. The third-order valence-electron chi connectivity index (χ3n) is 2.69. The molecular formula is C15H23N3O2. The van der Waals surface area contributed by atoms with Crippen molar-refractivity contribution >= 4 is 17.5 Å². The van der Waals surface area contributed by atoms with Gasteiger partial charge in [-0.2, -0.15) is 0 Å². The number of hydrogen-bond donors (Lipinski definition) is 2. The Morgan fingerprint density at radius 2 is 1.70 bits per heavy atom. The van der Waals surface area contributed by atoms with E-state index in [1.54, 1.807) is 4.90 Å². The zero-order chi connectivity index (χ0) is 15.0. The van der Waals surface area contributed by atoms with E-state index in [2.05, 4.69) is 10.6 Å². The minimum absolute atomic E-state index is 0.0608. The Morgan fingerprint density at radius 3 is 2.25 bits per heavy atom. The van der Waals surface area contributed by atoms with Gasteiger partial charge in [0.05, 0.1) is 13.1 Å². The molecule has 0 aromatic heterocycles. The Kier molecular flexibility index (Phi) is 6.73. The lowest BCUT2D eigenvalue weighted by Gasteiger charge is -2.20. The molecule has 0 saturated carbocycles. The number of anilines is 1. The molecular weight excluding hydrogens is 254 g/mol. The van der Waals surface area contributed by atoms with Crippen molar-refractivity contribution in [3.05, 3.63) is 30.3 Å². The van der Waals surface area contributed by atoms with E-state index in [1.807, 2.05) is 51.1 Å². The van der Waals surface area contributed by atoms with Crippen LogP contribution in [-0.4, -0.2) is 42.4 Å². The van der Waals surface area contributed by atoms with E-state index in [9.17, 15) is 9.59 Å². The highest BCUT2D eigenvalue weighted by atomic mass is 16.2. The largest absolute Gasteiger partial charge is 0.353 e. The van der Waals surface area contributed by atoms with Gasteiger partial charge in [-0.25, -0.2) is 0 Å². The Labute approximate surface area is 120 Å². The summed E-state index contributed by atoms with van der Waals surface area (Å²) in [5.74, 6) is -0.176. The lowest BCUT2D eigenvalue weighted by atomic mass is 10.3. The van der Waals surface area contributed by atoms with Crippen LogP contribution in [0.4, 0.5) is 5.69 Å². The predicted octanol–water partition coefficient (Wildman–Crippen LogP) is 1.47. The molecule has 1 rings (SSSR count). The molecule has 0 unspecified atom stereocenters. The van der Waals surface area contributed by atoms with Gasteiger partial charge in [0.15, 0.2) is 0 Å². The molecule has 5 heteroatoms. The first kappa shape index (κ1) is 16.2. The molecule has 5 nitrogen and oxygen atoms in total. The quantitative estimate of drug-likeness (QED) is 0.793. The van der Waals surface area contributed by atoms with Gasteiger partial charge in [-0.15, -0.1) is 0 Å². The zero-order valence-corrected chi connectivity index (χ0v) is 12.3. The van der Waals surface area contributed by atoms with E-state index in [0.29, 0.717) is 6.54 Å². The highest BCUT2D eigenvalue weighted by Crippen LogP contribution is 2.04. The molecule has 110 valence electrons. The molecule has 2 amide bonds. The molecule has 0 aliphatic rings. The van der Waals surface area contributed by atoms with Gasteiger partial charge in [-0.1, -0.05) is 25.1 Å². The summed E-state index contributed by atoms with van der Waals surface area (Å²) in [4.78, 5) is 25.4. The van der Waals surface area contributed by atoms with Gasteiger partial charge in [-0.05, 0) is 32.5 Å². The van der Waals surface area contributed by atoms with Crippen molar-refractivity contribution in [1.29, 1.82) is 0 Å². The van der Waals surface area contributed by atoms with Crippen molar-refractivity contribution in [2.75, 3.05) is 25.0 Å². The summed E-state index contributed by atoms with van der Waals surface area (Å²) < 4.78 is 0. The molecule has 0 radical (unpaired) electrons. The van der Waals surface area contributed by atoms with Crippen LogP contribution in [0.25, 0.3) is 0 Å². The number of rotatable bonds is 7. The molecule has 0 fully saturated rings. The van der Waals surface area contributed by atoms with E-state index < -0.39 is 0 Å². The van der Waals surface area contributed by atoms with Crippen molar-refractivity contribution in [3.8, 4) is 0 Å². The fraction of sp³-hybridized carbons (Fsp3) is 0.467. The van der Waals surface area contributed by atoms with E-state index in [0.717, 1.165) is 5.69 Å². The van der Waals surface area contributed by atoms with Crippen LogP contribution >= 0.6 is 0 Å². The van der Waals surface area contributed by atoms with Gasteiger partial charge in [0.1, 0.15) is 0 Å². The van der Waals surface area contributed by atoms with Gasteiger partial charge in [0.2, 0.25) is 11.8 Å². The van der Waals surface area contributed by atoms with Crippen LogP contribution in [0.1, 0.15) is 20.8 Å². The second-order valence-electron chi connectivity index (χ2n) is 4.94. The number of nitrogens with zero attached hydrogens (tertiary/aromatic N) is 1. The third kappa shape index (κ3) is 6.33. The number of carbonyl (C=O) groups excluding carboxylic acids is 2. The highest BCUT2D eigenvalue weighted by Gasteiger charge is 2.13. The number of hydrogen-bond acceptors (Lipinski definition) is 3. The number of nitrogens with one attached hydrogen (secondary N) is 2. The lowest BCUT2D eigenvalue weighted by molar-refractivity contribution is -0.123. The molecule has 0 aliphatic carbocycles. The highest BCUT2D eigenvalue weighted by molar-refractivity contribution is 5.92. The van der Waals surface area contributed by atoms with Crippen molar-refractivity contribution in [2.24, 2.45) is 0 Å². The minimum atomic E-state index is -0.115.